The van der Waals surface area contributed by atoms with Crippen molar-refractivity contribution in [1.29, 1.82) is 0 Å². The van der Waals surface area contributed by atoms with E-state index < -0.39 is 5.97 Å². The monoisotopic (exact) mass is 309 g/mol. The molecule has 1 aliphatic carbocycles. The molecule has 0 saturated heterocycles. The molecule has 0 spiro atoms. The van der Waals surface area contributed by atoms with Gasteiger partial charge in [-0.25, -0.2) is 4.79 Å². The summed E-state index contributed by atoms with van der Waals surface area (Å²) in [5.74, 6) is -0.856. The molecule has 2 aromatic carbocycles. The second-order valence-electron chi connectivity index (χ2n) is 5.94. The molecule has 2 aromatic rings. The summed E-state index contributed by atoms with van der Waals surface area (Å²) in [6.07, 6.45) is 2.22. The molecule has 118 valence electrons. The van der Waals surface area contributed by atoms with Crippen molar-refractivity contribution >= 4 is 17.6 Å². The van der Waals surface area contributed by atoms with Gasteiger partial charge in [-0.15, -0.1) is 0 Å². The number of carboxylic acids is 1. The van der Waals surface area contributed by atoms with Crippen LogP contribution in [0.15, 0.2) is 54.6 Å². The van der Waals surface area contributed by atoms with Crippen molar-refractivity contribution in [2.75, 3.05) is 4.90 Å². The molecule has 23 heavy (non-hydrogen) atoms. The van der Waals surface area contributed by atoms with Crippen LogP contribution in [-0.2, 0) is 0 Å². The van der Waals surface area contributed by atoms with E-state index in [9.17, 15) is 14.7 Å². The number of carbonyl (C=O) groups is 2. The summed E-state index contributed by atoms with van der Waals surface area (Å²) in [6, 6.07) is 15.9. The van der Waals surface area contributed by atoms with Crippen molar-refractivity contribution < 1.29 is 14.7 Å². The molecule has 4 nitrogen and oxygen atoms in total. The van der Waals surface area contributed by atoms with Crippen LogP contribution < -0.4 is 4.90 Å². The van der Waals surface area contributed by atoms with Gasteiger partial charge >= 0.3 is 5.97 Å². The van der Waals surface area contributed by atoms with Crippen molar-refractivity contribution in [3.63, 3.8) is 0 Å². The third-order valence-corrected chi connectivity index (χ3v) is 4.35. The Hall–Kier alpha value is -2.62. The Bertz CT molecular complexity index is 722. The van der Waals surface area contributed by atoms with Gasteiger partial charge in [0.2, 0.25) is 0 Å². The average molecular weight is 309 g/mol. The fourth-order valence-electron chi connectivity index (χ4n) is 2.90. The lowest BCUT2D eigenvalue weighted by molar-refractivity contribution is 0.0691. The number of aromatic carboxylic acids is 1. The van der Waals surface area contributed by atoms with Crippen LogP contribution in [0.25, 0.3) is 0 Å². The van der Waals surface area contributed by atoms with Crippen molar-refractivity contribution in [1.82, 2.24) is 0 Å². The van der Waals surface area contributed by atoms with Crippen LogP contribution in [0, 0.1) is 5.92 Å². The first-order chi connectivity index (χ1) is 11.1. The minimum Gasteiger partial charge on any atom is -0.478 e. The van der Waals surface area contributed by atoms with E-state index in [-0.39, 0.29) is 23.1 Å². The molecular formula is C19H19NO3. The lowest BCUT2D eigenvalue weighted by Crippen LogP contribution is -2.40. The van der Waals surface area contributed by atoms with Crippen LogP contribution >= 0.6 is 0 Å². The van der Waals surface area contributed by atoms with Crippen molar-refractivity contribution in [2.45, 2.75) is 25.8 Å². The Balaban J connectivity index is 2.03. The van der Waals surface area contributed by atoms with Crippen LogP contribution in [0.4, 0.5) is 5.69 Å². The van der Waals surface area contributed by atoms with Gasteiger partial charge in [0.15, 0.2) is 0 Å². The highest BCUT2D eigenvalue weighted by Gasteiger charge is 2.36. The first kappa shape index (κ1) is 15.3. The van der Waals surface area contributed by atoms with Gasteiger partial charge in [-0.3, -0.25) is 4.79 Å². The van der Waals surface area contributed by atoms with Gasteiger partial charge in [-0.05, 0) is 49.9 Å². The Morgan fingerprint density at radius 3 is 2.13 bits per heavy atom. The summed E-state index contributed by atoms with van der Waals surface area (Å²) in [5, 5.41) is 9.36. The molecular weight excluding hydrogens is 290 g/mol. The second-order valence-corrected chi connectivity index (χ2v) is 5.94. The number of amides is 1. The van der Waals surface area contributed by atoms with Gasteiger partial charge in [0.25, 0.3) is 5.91 Å². The van der Waals surface area contributed by atoms with E-state index in [0.29, 0.717) is 5.92 Å². The number of hydrogen-bond donors (Lipinski definition) is 1. The predicted octanol–water partition coefficient (Wildman–Crippen LogP) is 3.83. The number of rotatable bonds is 5. The average Bonchev–Trinajstić information content (AvgIpc) is 3.41. The van der Waals surface area contributed by atoms with E-state index in [0.717, 1.165) is 18.5 Å². The Morgan fingerprint density at radius 1 is 1.00 bits per heavy atom. The Morgan fingerprint density at radius 2 is 1.57 bits per heavy atom. The summed E-state index contributed by atoms with van der Waals surface area (Å²) in [4.78, 5) is 26.3. The highest BCUT2D eigenvalue weighted by atomic mass is 16.4. The number of para-hydroxylation sites is 1. The lowest BCUT2D eigenvalue weighted by atomic mass is 10.0. The highest BCUT2D eigenvalue weighted by Crippen LogP contribution is 2.37. The number of anilines is 1. The van der Waals surface area contributed by atoms with Crippen molar-refractivity contribution in [3.05, 3.63) is 65.7 Å². The van der Waals surface area contributed by atoms with Crippen LogP contribution in [-0.4, -0.2) is 23.0 Å². The molecule has 0 bridgehead atoms. The van der Waals surface area contributed by atoms with Gasteiger partial charge in [-0.1, -0.05) is 30.3 Å². The Labute approximate surface area is 135 Å². The minimum atomic E-state index is -1.08. The number of hydrogen-bond acceptors (Lipinski definition) is 2. The predicted molar refractivity (Wildman–Crippen MR) is 88.8 cm³/mol. The highest BCUT2D eigenvalue weighted by molar-refractivity contribution is 6.12. The molecule has 1 N–H and O–H groups in total. The molecule has 0 unspecified atom stereocenters. The van der Waals surface area contributed by atoms with E-state index in [2.05, 4.69) is 0 Å². The third-order valence-electron chi connectivity index (χ3n) is 4.35. The SMILES string of the molecule is C[C@@H](C1CC1)N(C(=O)c1ccccc1C(=O)O)c1ccccc1. The van der Waals surface area contributed by atoms with Crippen LogP contribution in [0.3, 0.4) is 0 Å². The first-order valence-corrected chi connectivity index (χ1v) is 7.80. The maximum absolute atomic E-state index is 13.1. The number of nitrogens with zero attached hydrogens (tertiary/aromatic N) is 1. The lowest BCUT2D eigenvalue weighted by Gasteiger charge is -2.30. The molecule has 3 rings (SSSR count). The molecule has 1 amide bonds. The normalized spacial score (nSPS) is 15.0. The quantitative estimate of drug-likeness (QED) is 0.913. The molecule has 0 aliphatic heterocycles. The minimum absolute atomic E-state index is 0.0430. The van der Waals surface area contributed by atoms with E-state index in [1.807, 2.05) is 37.3 Å². The zero-order valence-electron chi connectivity index (χ0n) is 13.0. The van der Waals surface area contributed by atoms with E-state index in [4.69, 9.17) is 0 Å². The number of benzene rings is 2. The maximum atomic E-state index is 13.1. The van der Waals surface area contributed by atoms with Gasteiger partial charge in [0, 0.05) is 11.7 Å². The van der Waals surface area contributed by atoms with Crippen LogP contribution in [0.1, 0.15) is 40.5 Å². The molecule has 1 saturated carbocycles. The zero-order valence-corrected chi connectivity index (χ0v) is 13.0. The van der Waals surface area contributed by atoms with Gasteiger partial charge in [-0.2, -0.15) is 0 Å². The summed E-state index contributed by atoms with van der Waals surface area (Å²) >= 11 is 0. The Kier molecular flexibility index (Phi) is 4.15. The molecule has 1 fully saturated rings. The topological polar surface area (TPSA) is 57.6 Å². The zero-order chi connectivity index (χ0) is 16.4. The summed E-state index contributed by atoms with van der Waals surface area (Å²) in [7, 11) is 0. The largest absolute Gasteiger partial charge is 0.478 e. The molecule has 0 aromatic heterocycles. The molecule has 4 heteroatoms. The summed E-state index contributed by atoms with van der Waals surface area (Å²) in [5.41, 5.74) is 1.08. The fourth-order valence-corrected chi connectivity index (χ4v) is 2.90. The van der Waals surface area contributed by atoms with Gasteiger partial charge < -0.3 is 10.0 Å². The maximum Gasteiger partial charge on any atom is 0.336 e. The molecule has 1 atom stereocenters. The number of carbonyl (C=O) groups excluding carboxylic acids is 1. The van der Waals surface area contributed by atoms with Crippen molar-refractivity contribution in [2.24, 2.45) is 5.92 Å². The molecule has 0 heterocycles. The first-order valence-electron chi connectivity index (χ1n) is 7.80. The van der Waals surface area contributed by atoms with Crippen molar-refractivity contribution in [3.8, 4) is 0 Å². The standard InChI is InChI=1S/C19H19NO3/c1-13(14-11-12-14)20(15-7-3-2-4-8-15)18(21)16-9-5-6-10-17(16)19(22)23/h2-10,13-14H,11-12H2,1H3,(H,22,23)/t13-/m0/s1. The third kappa shape index (κ3) is 3.11. The van der Waals surface area contributed by atoms with E-state index >= 15 is 0 Å². The second kappa shape index (κ2) is 6.24. The van der Waals surface area contributed by atoms with Crippen LogP contribution in [0.2, 0.25) is 0 Å². The summed E-state index contributed by atoms with van der Waals surface area (Å²) < 4.78 is 0. The van der Waals surface area contributed by atoms with Crippen LogP contribution in [0.5, 0.6) is 0 Å². The molecule has 0 radical (unpaired) electrons. The van der Waals surface area contributed by atoms with E-state index in [1.54, 1.807) is 23.1 Å². The molecule has 1 aliphatic rings. The smallest absolute Gasteiger partial charge is 0.336 e. The van der Waals surface area contributed by atoms with Gasteiger partial charge in [0.1, 0.15) is 0 Å². The van der Waals surface area contributed by atoms with Gasteiger partial charge in [0.05, 0.1) is 11.1 Å². The fraction of sp³-hybridized carbons (Fsp3) is 0.263. The summed E-state index contributed by atoms with van der Waals surface area (Å²) in [6.45, 7) is 2.03. The number of carboxylic acid groups (broad SMARTS) is 1. The van der Waals surface area contributed by atoms with E-state index in [1.165, 1.54) is 6.07 Å².